The smallest absolute Gasteiger partial charge is 0.212 e. The first kappa shape index (κ1) is 15.0. The molecule has 0 spiro atoms. The number of nitrogens with one attached hydrogen (secondary N) is 2. The van der Waals surface area contributed by atoms with E-state index in [1.807, 2.05) is 0 Å². The van der Waals surface area contributed by atoms with Crippen molar-refractivity contribution in [3.05, 3.63) is 0 Å². The summed E-state index contributed by atoms with van der Waals surface area (Å²) < 4.78 is 36.5. The number of nitrogens with zero attached hydrogens (tertiary/aromatic N) is 1. The van der Waals surface area contributed by atoms with Gasteiger partial charge in [-0.3, -0.25) is 9.11 Å². The third kappa shape index (κ3) is 7.10. The van der Waals surface area contributed by atoms with Crippen LogP contribution in [0.3, 0.4) is 0 Å². The van der Waals surface area contributed by atoms with E-state index in [4.69, 9.17) is 0 Å². The number of hydrogen-bond donors (Lipinski definition) is 2. The Bertz CT molecular complexity index is 339. The van der Waals surface area contributed by atoms with Crippen LogP contribution in [0.25, 0.3) is 0 Å². The quantitative estimate of drug-likeness (QED) is 0.576. The summed E-state index contributed by atoms with van der Waals surface area (Å²) in [7, 11) is -4.18. The van der Waals surface area contributed by atoms with Crippen molar-refractivity contribution in [3.63, 3.8) is 0 Å². The van der Waals surface area contributed by atoms with Gasteiger partial charge < -0.3 is 5.32 Å². The van der Waals surface area contributed by atoms with Crippen molar-refractivity contribution in [2.24, 2.45) is 0 Å². The second-order valence-corrected chi connectivity index (χ2v) is 7.56. The second kappa shape index (κ2) is 7.42. The van der Waals surface area contributed by atoms with Gasteiger partial charge in [0.05, 0.1) is 5.75 Å². The molecule has 1 aliphatic heterocycles. The molecular formula is C9H21N3O3S2. The van der Waals surface area contributed by atoms with Crippen molar-refractivity contribution in [1.82, 2.24) is 14.9 Å². The maximum absolute atomic E-state index is 11.6. The van der Waals surface area contributed by atoms with Crippen LogP contribution in [0, 0.1) is 0 Å². The third-order valence-corrected chi connectivity index (χ3v) is 4.74. The Morgan fingerprint density at radius 3 is 2.59 bits per heavy atom. The number of rotatable bonds is 7. The van der Waals surface area contributed by atoms with Crippen molar-refractivity contribution in [1.29, 1.82) is 0 Å². The van der Waals surface area contributed by atoms with Crippen LogP contribution in [0.2, 0.25) is 0 Å². The topological polar surface area (TPSA) is 78.5 Å². The lowest BCUT2D eigenvalue weighted by Gasteiger charge is -2.26. The van der Waals surface area contributed by atoms with E-state index in [0.717, 1.165) is 26.2 Å². The van der Waals surface area contributed by atoms with Crippen LogP contribution in [-0.2, 0) is 20.8 Å². The molecule has 1 atom stereocenters. The highest BCUT2D eigenvalue weighted by atomic mass is 32.2. The number of piperazine rings is 1. The lowest BCUT2D eigenvalue weighted by atomic mass is 10.4. The molecule has 0 amide bonds. The molecule has 1 rings (SSSR count). The van der Waals surface area contributed by atoms with E-state index < -0.39 is 20.8 Å². The van der Waals surface area contributed by atoms with Crippen molar-refractivity contribution in [2.45, 2.75) is 0 Å². The molecule has 1 fully saturated rings. The molecule has 17 heavy (non-hydrogen) atoms. The van der Waals surface area contributed by atoms with Crippen LogP contribution in [0.4, 0.5) is 0 Å². The standard InChI is InChI=1S/C9H21N3O3S2/c1-16(13)8-4-11-17(14,15)9-7-12-5-2-10-3-6-12/h10-11H,2-9H2,1H3. The van der Waals surface area contributed by atoms with Crippen molar-refractivity contribution in [3.8, 4) is 0 Å². The zero-order chi connectivity index (χ0) is 12.7. The summed E-state index contributed by atoms with van der Waals surface area (Å²) in [5, 5.41) is 3.22. The molecule has 0 saturated carbocycles. The van der Waals surface area contributed by atoms with Gasteiger partial charge in [-0.15, -0.1) is 0 Å². The van der Waals surface area contributed by atoms with Gasteiger partial charge in [0.25, 0.3) is 0 Å². The third-order valence-electron chi connectivity index (χ3n) is 2.60. The molecule has 0 aromatic heterocycles. The first-order valence-corrected chi connectivity index (χ1v) is 9.08. The van der Waals surface area contributed by atoms with E-state index in [9.17, 15) is 12.6 Å². The summed E-state index contributed by atoms with van der Waals surface area (Å²) in [6, 6.07) is 0. The van der Waals surface area contributed by atoms with Gasteiger partial charge in [0, 0.05) is 62.1 Å². The van der Waals surface area contributed by atoms with Crippen LogP contribution in [-0.4, -0.2) is 74.6 Å². The van der Waals surface area contributed by atoms with Crippen LogP contribution in [0.5, 0.6) is 0 Å². The highest BCUT2D eigenvalue weighted by Crippen LogP contribution is 1.94. The Morgan fingerprint density at radius 1 is 1.35 bits per heavy atom. The average molecular weight is 283 g/mol. The summed E-state index contributed by atoms with van der Waals surface area (Å²) in [5.41, 5.74) is 0. The molecule has 8 heteroatoms. The Morgan fingerprint density at radius 2 is 2.00 bits per heavy atom. The fourth-order valence-electron chi connectivity index (χ4n) is 1.60. The van der Waals surface area contributed by atoms with Gasteiger partial charge in [-0.1, -0.05) is 0 Å². The molecule has 0 bridgehead atoms. The summed E-state index contributed by atoms with van der Waals surface area (Å²) in [5.74, 6) is 0.482. The first-order valence-electron chi connectivity index (χ1n) is 5.70. The van der Waals surface area contributed by atoms with Gasteiger partial charge in [0.2, 0.25) is 10.0 Å². The second-order valence-electron chi connectivity index (χ2n) is 4.08. The van der Waals surface area contributed by atoms with Crippen LogP contribution in [0.1, 0.15) is 0 Å². The Labute approximate surface area is 106 Å². The largest absolute Gasteiger partial charge is 0.314 e. The summed E-state index contributed by atoms with van der Waals surface area (Å²) in [6.07, 6.45) is 1.56. The van der Waals surface area contributed by atoms with Gasteiger partial charge in [0.15, 0.2) is 0 Å². The fraction of sp³-hybridized carbons (Fsp3) is 1.00. The molecule has 0 aromatic rings. The van der Waals surface area contributed by atoms with Crippen molar-refractivity contribution in [2.75, 3.05) is 57.0 Å². The highest BCUT2D eigenvalue weighted by molar-refractivity contribution is 7.89. The van der Waals surface area contributed by atoms with Crippen molar-refractivity contribution < 1.29 is 12.6 Å². The van der Waals surface area contributed by atoms with Crippen LogP contribution < -0.4 is 10.0 Å². The highest BCUT2D eigenvalue weighted by Gasteiger charge is 2.14. The summed E-state index contributed by atoms with van der Waals surface area (Å²) in [4.78, 5) is 2.13. The first-order chi connectivity index (χ1) is 7.99. The van der Waals surface area contributed by atoms with E-state index in [2.05, 4.69) is 14.9 Å². The summed E-state index contributed by atoms with van der Waals surface area (Å²) in [6.45, 7) is 4.45. The molecular weight excluding hydrogens is 262 g/mol. The molecule has 6 nitrogen and oxygen atoms in total. The van der Waals surface area contributed by atoms with Crippen LogP contribution in [0.15, 0.2) is 0 Å². The minimum atomic E-state index is -3.22. The van der Waals surface area contributed by atoms with E-state index in [1.54, 1.807) is 6.26 Å². The molecule has 2 N–H and O–H groups in total. The minimum Gasteiger partial charge on any atom is -0.314 e. The van der Waals surface area contributed by atoms with E-state index in [0.29, 0.717) is 12.3 Å². The van der Waals surface area contributed by atoms with Crippen molar-refractivity contribution >= 4 is 20.8 Å². The fourth-order valence-corrected chi connectivity index (χ4v) is 3.17. The molecule has 0 aliphatic carbocycles. The molecule has 1 heterocycles. The minimum absolute atomic E-state index is 0.114. The number of sulfonamides is 1. The zero-order valence-electron chi connectivity index (χ0n) is 10.1. The lowest BCUT2D eigenvalue weighted by molar-refractivity contribution is 0.253. The van der Waals surface area contributed by atoms with Gasteiger partial charge >= 0.3 is 0 Å². The summed E-state index contributed by atoms with van der Waals surface area (Å²) >= 11 is 0. The predicted molar refractivity (Wildman–Crippen MR) is 70.0 cm³/mol. The normalized spacial score (nSPS) is 20.3. The molecule has 1 saturated heterocycles. The predicted octanol–water partition coefficient (Wildman–Crippen LogP) is -1.81. The molecule has 0 radical (unpaired) electrons. The monoisotopic (exact) mass is 283 g/mol. The molecule has 1 unspecified atom stereocenters. The molecule has 102 valence electrons. The van der Waals surface area contributed by atoms with E-state index >= 15 is 0 Å². The molecule has 0 aromatic carbocycles. The lowest BCUT2D eigenvalue weighted by Crippen LogP contribution is -2.46. The van der Waals surface area contributed by atoms with Gasteiger partial charge in [-0.2, -0.15) is 0 Å². The Kier molecular flexibility index (Phi) is 6.57. The Hall–Kier alpha value is -0.0200. The van der Waals surface area contributed by atoms with Gasteiger partial charge in [-0.05, 0) is 0 Å². The van der Waals surface area contributed by atoms with Gasteiger partial charge in [0.1, 0.15) is 0 Å². The Balaban J connectivity index is 2.21. The maximum atomic E-state index is 11.6. The number of hydrogen-bond acceptors (Lipinski definition) is 5. The SMILES string of the molecule is CS(=O)CCNS(=O)(=O)CCN1CCNCC1. The van der Waals surface area contributed by atoms with E-state index in [-0.39, 0.29) is 12.3 Å². The maximum Gasteiger partial charge on any atom is 0.212 e. The molecule has 1 aliphatic rings. The average Bonchev–Trinajstić information content (AvgIpc) is 2.27. The van der Waals surface area contributed by atoms with Gasteiger partial charge in [-0.25, -0.2) is 13.1 Å². The van der Waals surface area contributed by atoms with Crippen LogP contribution >= 0.6 is 0 Å². The zero-order valence-corrected chi connectivity index (χ0v) is 11.8. The van der Waals surface area contributed by atoms with E-state index in [1.165, 1.54) is 0 Å².